The number of Topliss-reactive ketones (excluding diaryl/α,β-unsaturated/α-hetero) is 1. The second-order valence-electron chi connectivity index (χ2n) is 3.19. The van der Waals surface area contributed by atoms with Crippen molar-refractivity contribution in [3.05, 3.63) is 0 Å². The third kappa shape index (κ3) is 9.15. The minimum absolute atomic E-state index is 0.0827. The number of ether oxygens (including phenoxy) is 3. The molecule has 0 unspecified atom stereocenters. The maximum absolute atomic E-state index is 11.1. The molecule has 0 aliphatic carbocycles. The molecule has 0 spiro atoms. The van der Waals surface area contributed by atoms with E-state index in [1.54, 1.807) is 0 Å². The lowest BCUT2D eigenvalue weighted by molar-refractivity contribution is -0.148. The highest BCUT2D eigenvalue weighted by atomic mass is 32.1. The molecular weight excluding hydrogens is 228 g/mol. The Balaban J connectivity index is 3.49. The predicted octanol–water partition coefficient (Wildman–Crippen LogP) is 1.68. The molecule has 0 N–H and O–H groups in total. The first-order valence-corrected chi connectivity index (χ1v) is 6.31. The molecule has 0 heterocycles. The van der Waals surface area contributed by atoms with Crippen LogP contribution in [0.25, 0.3) is 0 Å². The molecule has 0 rings (SSSR count). The van der Waals surface area contributed by atoms with Gasteiger partial charge in [-0.15, -0.1) is 0 Å². The molecule has 0 atom stereocenters. The first-order chi connectivity index (χ1) is 7.74. The van der Waals surface area contributed by atoms with Crippen LogP contribution in [0.2, 0.25) is 0 Å². The van der Waals surface area contributed by atoms with E-state index in [2.05, 4.69) is 12.6 Å². The van der Waals surface area contributed by atoms with Crippen LogP contribution in [0.4, 0.5) is 0 Å². The summed E-state index contributed by atoms with van der Waals surface area (Å²) in [7, 11) is 0. The molecule has 0 aliphatic heterocycles. The molecule has 0 saturated carbocycles. The maximum atomic E-state index is 11.1. The zero-order chi connectivity index (χ0) is 12.2. The zero-order valence-electron chi connectivity index (χ0n) is 10.1. The average Bonchev–Trinajstić information content (AvgIpc) is 2.25. The van der Waals surface area contributed by atoms with Gasteiger partial charge < -0.3 is 14.2 Å². The largest absolute Gasteiger partial charge is 0.373 e. The van der Waals surface area contributed by atoms with Crippen molar-refractivity contribution in [2.24, 2.45) is 0 Å². The minimum Gasteiger partial charge on any atom is -0.373 e. The van der Waals surface area contributed by atoms with Gasteiger partial charge in [0.05, 0.1) is 6.61 Å². The van der Waals surface area contributed by atoms with Gasteiger partial charge in [0.1, 0.15) is 6.61 Å². The molecule has 96 valence electrons. The molecule has 16 heavy (non-hydrogen) atoms. The Morgan fingerprint density at radius 3 is 2.38 bits per heavy atom. The molecule has 0 fully saturated rings. The average molecular weight is 250 g/mol. The second kappa shape index (κ2) is 11.4. The number of carbonyl (C=O) groups excluding carboxylic acids is 1. The Morgan fingerprint density at radius 2 is 1.88 bits per heavy atom. The zero-order valence-corrected chi connectivity index (χ0v) is 11.0. The third-order valence-corrected chi connectivity index (χ3v) is 2.08. The first kappa shape index (κ1) is 15.9. The Morgan fingerprint density at radius 1 is 1.25 bits per heavy atom. The van der Waals surface area contributed by atoms with Crippen molar-refractivity contribution in [3.63, 3.8) is 0 Å². The third-order valence-electron chi connectivity index (χ3n) is 1.86. The highest BCUT2D eigenvalue weighted by Crippen LogP contribution is 2.01. The molecule has 0 aromatic heterocycles. The van der Waals surface area contributed by atoms with Crippen LogP contribution in [0, 0.1) is 0 Å². The molecule has 0 aliphatic rings. The molecule has 0 aromatic carbocycles. The van der Waals surface area contributed by atoms with Crippen LogP contribution in [0.5, 0.6) is 0 Å². The van der Waals surface area contributed by atoms with Crippen molar-refractivity contribution in [2.75, 3.05) is 32.2 Å². The summed E-state index contributed by atoms with van der Waals surface area (Å²) < 4.78 is 15.9. The van der Waals surface area contributed by atoms with Crippen LogP contribution in [0.1, 0.15) is 26.7 Å². The van der Waals surface area contributed by atoms with E-state index in [0.29, 0.717) is 38.4 Å². The van der Waals surface area contributed by atoms with Crippen molar-refractivity contribution in [1.82, 2.24) is 0 Å². The lowest BCUT2D eigenvalue weighted by atomic mass is 10.3. The van der Waals surface area contributed by atoms with Crippen molar-refractivity contribution in [1.29, 1.82) is 0 Å². The topological polar surface area (TPSA) is 44.8 Å². The summed E-state index contributed by atoms with van der Waals surface area (Å²) in [5.41, 5.74) is 0. The Bertz CT molecular complexity index is 169. The van der Waals surface area contributed by atoms with Gasteiger partial charge >= 0.3 is 0 Å². The summed E-state index contributed by atoms with van der Waals surface area (Å²) in [5.74, 6) is 0.655. The van der Waals surface area contributed by atoms with Crippen LogP contribution >= 0.6 is 12.6 Å². The van der Waals surface area contributed by atoms with Gasteiger partial charge in [-0.2, -0.15) is 12.6 Å². The van der Waals surface area contributed by atoms with E-state index in [-0.39, 0.29) is 18.7 Å². The van der Waals surface area contributed by atoms with Crippen LogP contribution < -0.4 is 0 Å². The van der Waals surface area contributed by atoms with Crippen LogP contribution in [-0.2, 0) is 19.0 Å². The summed E-state index contributed by atoms with van der Waals surface area (Å²) in [6, 6.07) is 0. The molecule has 0 bridgehead atoms. The molecule has 0 aromatic rings. The van der Waals surface area contributed by atoms with Gasteiger partial charge in [-0.05, 0) is 19.6 Å². The SMILES string of the molecule is CCOC(CCOCC(=O)CCS)OCC. The van der Waals surface area contributed by atoms with E-state index >= 15 is 0 Å². The molecule has 4 nitrogen and oxygen atoms in total. The van der Waals surface area contributed by atoms with Gasteiger partial charge in [0.2, 0.25) is 0 Å². The lowest BCUT2D eigenvalue weighted by Gasteiger charge is -2.16. The predicted molar refractivity (Wildman–Crippen MR) is 66.0 cm³/mol. The normalized spacial score (nSPS) is 11.0. The lowest BCUT2D eigenvalue weighted by Crippen LogP contribution is -2.20. The number of thiol groups is 1. The van der Waals surface area contributed by atoms with E-state index in [1.807, 2.05) is 13.8 Å². The van der Waals surface area contributed by atoms with Gasteiger partial charge in [-0.1, -0.05) is 0 Å². The second-order valence-corrected chi connectivity index (χ2v) is 3.64. The summed E-state index contributed by atoms with van der Waals surface area (Å²) in [5, 5.41) is 0. The number of hydrogen-bond acceptors (Lipinski definition) is 5. The fraction of sp³-hybridized carbons (Fsp3) is 0.909. The highest BCUT2D eigenvalue weighted by molar-refractivity contribution is 7.80. The molecule has 0 saturated heterocycles. The monoisotopic (exact) mass is 250 g/mol. The van der Waals surface area contributed by atoms with Crippen molar-refractivity contribution in [3.8, 4) is 0 Å². The summed E-state index contributed by atoms with van der Waals surface area (Å²) >= 11 is 3.98. The number of rotatable bonds is 11. The quantitative estimate of drug-likeness (QED) is 0.344. The molecule has 5 heteroatoms. The number of carbonyl (C=O) groups is 1. The van der Waals surface area contributed by atoms with Gasteiger partial charge in [0.15, 0.2) is 12.1 Å². The minimum atomic E-state index is -0.227. The van der Waals surface area contributed by atoms with E-state index in [9.17, 15) is 4.79 Å². The summed E-state index contributed by atoms with van der Waals surface area (Å²) in [6.07, 6.45) is 0.884. The first-order valence-electron chi connectivity index (χ1n) is 5.68. The van der Waals surface area contributed by atoms with Crippen molar-refractivity contribution in [2.45, 2.75) is 33.0 Å². The van der Waals surface area contributed by atoms with E-state index in [1.165, 1.54) is 0 Å². The molecule has 0 amide bonds. The van der Waals surface area contributed by atoms with E-state index < -0.39 is 0 Å². The molecule has 0 radical (unpaired) electrons. The van der Waals surface area contributed by atoms with Crippen LogP contribution in [0.15, 0.2) is 0 Å². The Labute approximate surface area is 103 Å². The standard InChI is InChI=1S/C11H22O4S/c1-3-14-11(15-4-2)5-7-13-9-10(12)6-8-16/h11,16H,3-9H2,1-2H3. The summed E-state index contributed by atoms with van der Waals surface area (Å²) in [4.78, 5) is 11.1. The fourth-order valence-corrected chi connectivity index (χ4v) is 1.40. The van der Waals surface area contributed by atoms with Gasteiger partial charge in [-0.3, -0.25) is 4.79 Å². The fourth-order valence-electron chi connectivity index (χ4n) is 1.15. The van der Waals surface area contributed by atoms with Crippen LogP contribution in [0.3, 0.4) is 0 Å². The number of hydrogen-bond donors (Lipinski definition) is 1. The highest BCUT2D eigenvalue weighted by Gasteiger charge is 2.08. The van der Waals surface area contributed by atoms with Gasteiger partial charge in [0.25, 0.3) is 0 Å². The van der Waals surface area contributed by atoms with Gasteiger partial charge in [-0.25, -0.2) is 0 Å². The summed E-state index contributed by atoms with van der Waals surface area (Å²) in [6.45, 7) is 5.70. The van der Waals surface area contributed by atoms with E-state index in [0.717, 1.165) is 0 Å². The van der Waals surface area contributed by atoms with Crippen LogP contribution in [-0.4, -0.2) is 44.3 Å². The van der Waals surface area contributed by atoms with Crippen molar-refractivity contribution < 1.29 is 19.0 Å². The smallest absolute Gasteiger partial charge is 0.159 e. The van der Waals surface area contributed by atoms with Gasteiger partial charge in [0, 0.05) is 26.1 Å². The Kier molecular flexibility index (Phi) is 11.3. The number of ketones is 1. The maximum Gasteiger partial charge on any atom is 0.159 e. The van der Waals surface area contributed by atoms with E-state index in [4.69, 9.17) is 14.2 Å². The Hall–Kier alpha value is -0.100. The van der Waals surface area contributed by atoms with Crippen molar-refractivity contribution >= 4 is 18.4 Å². The molecular formula is C11H22O4S.